The zero-order valence-electron chi connectivity index (χ0n) is 11.3. The van der Waals surface area contributed by atoms with Crippen LogP contribution in [0.2, 0.25) is 16.6 Å². The fourth-order valence-electron chi connectivity index (χ4n) is 2.66. The first kappa shape index (κ1) is 14.7. The first-order valence-corrected chi connectivity index (χ1v) is 8.19. The second kappa shape index (κ2) is 5.72. The van der Waals surface area contributed by atoms with Crippen molar-refractivity contribution < 1.29 is 5.11 Å². The third kappa shape index (κ3) is 3.36. The first-order valence-electron chi connectivity index (χ1n) is 5.95. The third-order valence-electron chi connectivity index (χ3n) is 3.36. The van der Waals surface area contributed by atoms with Gasteiger partial charge in [-0.3, -0.25) is 0 Å². The predicted molar refractivity (Wildman–Crippen MR) is 70.5 cm³/mol. The highest BCUT2D eigenvalue weighted by molar-refractivity contribution is 6.90. The molecule has 0 rings (SSSR count). The molecule has 0 fully saturated rings. The van der Waals surface area contributed by atoms with Crippen molar-refractivity contribution in [2.45, 2.75) is 71.2 Å². The van der Waals surface area contributed by atoms with Gasteiger partial charge in [-0.25, -0.2) is 0 Å². The van der Waals surface area contributed by atoms with Crippen LogP contribution in [-0.4, -0.2) is 19.3 Å². The van der Waals surface area contributed by atoms with E-state index in [1.807, 2.05) is 0 Å². The molecule has 0 aliphatic rings. The van der Waals surface area contributed by atoms with Crippen molar-refractivity contribution in [3.05, 3.63) is 0 Å². The Kier molecular flexibility index (Phi) is 5.62. The maximum Gasteiger partial charge on any atom is 0.146 e. The molecule has 0 saturated heterocycles. The van der Waals surface area contributed by atoms with Gasteiger partial charge < -0.3 is 5.11 Å². The summed E-state index contributed by atoms with van der Waals surface area (Å²) >= 11 is 0. The van der Waals surface area contributed by atoms with Gasteiger partial charge in [-0.2, -0.15) is 0 Å². The van der Waals surface area contributed by atoms with E-state index in [0.717, 1.165) is 0 Å². The summed E-state index contributed by atoms with van der Waals surface area (Å²) in [5, 5.41) is 9.31. The monoisotopic (exact) mass is 226 g/mol. The van der Waals surface area contributed by atoms with E-state index in [9.17, 15) is 5.11 Å². The summed E-state index contributed by atoms with van der Waals surface area (Å²) < 4.78 is 0. The Morgan fingerprint density at radius 3 is 1.33 bits per heavy atom. The number of aliphatic hydroxyl groups is 1. The Labute approximate surface area is 96.3 Å². The third-order valence-corrected chi connectivity index (χ3v) is 9.67. The molecule has 0 aromatic carbocycles. The highest BCUT2D eigenvalue weighted by atomic mass is 28.3. The molecule has 0 aliphatic heterocycles. The van der Waals surface area contributed by atoms with Crippen LogP contribution in [0.4, 0.5) is 0 Å². The quantitative estimate of drug-likeness (QED) is 0.576. The van der Waals surface area contributed by atoms with E-state index in [2.05, 4.69) is 53.0 Å². The average Bonchev–Trinajstić information content (AvgIpc) is 2.02. The van der Waals surface area contributed by atoms with E-state index < -0.39 is 14.2 Å². The van der Waals surface area contributed by atoms with Crippen LogP contribution in [0.25, 0.3) is 0 Å². The van der Waals surface area contributed by atoms with Gasteiger partial charge in [0.15, 0.2) is 0 Å². The minimum atomic E-state index is -1.61. The van der Waals surface area contributed by atoms with Crippen LogP contribution in [0.1, 0.15) is 48.5 Å². The molecule has 0 aromatic heterocycles. The van der Waals surface area contributed by atoms with Crippen LogP contribution in [0.3, 0.4) is 0 Å². The van der Waals surface area contributed by atoms with E-state index in [-0.39, 0.29) is 0 Å². The fourth-order valence-corrected chi connectivity index (χ4v) is 7.99. The highest BCUT2D eigenvalue weighted by Crippen LogP contribution is 2.40. The van der Waals surface area contributed by atoms with Gasteiger partial charge in [0.25, 0.3) is 0 Å². The molecular formula is C13H26OSi. The van der Waals surface area contributed by atoms with Gasteiger partial charge in [-0.1, -0.05) is 47.5 Å². The molecule has 0 aliphatic carbocycles. The summed E-state index contributed by atoms with van der Waals surface area (Å²) in [6, 6.07) is 0. The summed E-state index contributed by atoms with van der Waals surface area (Å²) in [4.78, 5) is 0. The van der Waals surface area contributed by atoms with Gasteiger partial charge in [-0.05, 0) is 23.5 Å². The number of hydrogen-bond donors (Lipinski definition) is 1. The minimum Gasteiger partial charge on any atom is -0.381 e. The number of aliphatic hydroxyl groups excluding tert-OH is 1. The standard InChI is InChI=1S/C13H26OSi/c1-10(2)15(11(3)4,12(5)6)9-8-13(7)14/h10-14H,1-7H3. The van der Waals surface area contributed by atoms with Crippen molar-refractivity contribution in [1.82, 2.24) is 0 Å². The average molecular weight is 226 g/mol. The molecule has 1 nitrogen and oxygen atoms in total. The molecule has 88 valence electrons. The topological polar surface area (TPSA) is 20.2 Å². The molecule has 0 spiro atoms. The largest absolute Gasteiger partial charge is 0.381 e. The summed E-state index contributed by atoms with van der Waals surface area (Å²) in [5.41, 5.74) is 5.40. The van der Waals surface area contributed by atoms with Crippen molar-refractivity contribution in [1.29, 1.82) is 0 Å². The van der Waals surface area contributed by atoms with Crippen molar-refractivity contribution >= 4 is 8.07 Å². The molecule has 0 aromatic rings. The lowest BCUT2D eigenvalue weighted by atomic mass is 10.4. The predicted octanol–water partition coefficient (Wildman–Crippen LogP) is 3.59. The zero-order valence-corrected chi connectivity index (χ0v) is 12.3. The summed E-state index contributed by atoms with van der Waals surface area (Å²) in [5.74, 6) is 3.00. The van der Waals surface area contributed by atoms with Crippen LogP contribution in [0, 0.1) is 11.5 Å². The molecule has 15 heavy (non-hydrogen) atoms. The van der Waals surface area contributed by atoms with Gasteiger partial charge in [0.2, 0.25) is 0 Å². The van der Waals surface area contributed by atoms with E-state index >= 15 is 0 Å². The van der Waals surface area contributed by atoms with Crippen LogP contribution < -0.4 is 0 Å². The molecule has 0 heterocycles. The number of rotatable bonds is 3. The molecular weight excluding hydrogens is 200 g/mol. The molecule has 1 atom stereocenters. The lowest BCUT2D eigenvalue weighted by Gasteiger charge is -2.38. The smallest absolute Gasteiger partial charge is 0.146 e. The summed E-state index contributed by atoms with van der Waals surface area (Å²) in [6.07, 6.45) is -0.492. The second-order valence-corrected chi connectivity index (χ2v) is 10.9. The molecule has 2 heteroatoms. The summed E-state index contributed by atoms with van der Waals surface area (Å²) in [6.45, 7) is 15.4. The maximum absolute atomic E-state index is 9.31. The van der Waals surface area contributed by atoms with Crippen molar-refractivity contribution in [2.75, 3.05) is 0 Å². The minimum absolute atomic E-state index is 0.492. The normalized spacial score (nSPS) is 14.3. The van der Waals surface area contributed by atoms with E-state index in [0.29, 0.717) is 16.6 Å². The second-order valence-electron chi connectivity index (χ2n) is 5.34. The maximum atomic E-state index is 9.31. The van der Waals surface area contributed by atoms with Gasteiger partial charge in [0.05, 0.1) is 0 Å². The van der Waals surface area contributed by atoms with Gasteiger partial charge in [0.1, 0.15) is 14.2 Å². The van der Waals surface area contributed by atoms with Crippen molar-refractivity contribution in [3.8, 4) is 11.5 Å². The molecule has 0 saturated carbocycles. The molecule has 0 bridgehead atoms. The number of hydrogen-bond acceptors (Lipinski definition) is 1. The van der Waals surface area contributed by atoms with Gasteiger partial charge >= 0.3 is 0 Å². The van der Waals surface area contributed by atoms with E-state index in [1.54, 1.807) is 6.92 Å². The molecule has 1 unspecified atom stereocenters. The Morgan fingerprint density at radius 1 is 0.800 bits per heavy atom. The van der Waals surface area contributed by atoms with Crippen molar-refractivity contribution in [2.24, 2.45) is 0 Å². The Hall–Kier alpha value is -0.263. The SMILES string of the molecule is CC(O)C#C[Si](C(C)C)(C(C)C)C(C)C. The highest BCUT2D eigenvalue weighted by Gasteiger charge is 2.41. The van der Waals surface area contributed by atoms with Crippen LogP contribution in [-0.2, 0) is 0 Å². The van der Waals surface area contributed by atoms with Crippen LogP contribution >= 0.6 is 0 Å². The lowest BCUT2D eigenvalue weighted by molar-refractivity contribution is 0.253. The van der Waals surface area contributed by atoms with Gasteiger partial charge in [0, 0.05) is 0 Å². The zero-order chi connectivity index (χ0) is 12.2. The van der Waals surface area contributed by atoms with E-state index in [4.69, 9.17) is 0 Å². The Bertz CT molecular complexity index is 221. The first-order chi connectivity index (χ1) is 6.75. The van der Waals surface area contributed by atoms with Crippen LogP contribution in [0.5, 0.6) is 0 Å². The fraction of sp³-hybridized carbons (Fsp3) is 0.846. The Balaban J connectivity index is 5.27. The molecule has 0 amide bonds. The Morgan fingerprint density at radius 2 is 1.13 bits per heavy atom. The van der Waals surface area contributed by atoms with Crippen molar-refractivity contribution in [3.63, 3.8) is 0 Å². The van der Waals surface area contributed by atoms with Gasteiger partial charge in [-0.15, -0.1) is 5.54 Å². The molecule has 0 radical (unpaired) electrons. The van der Waals surface area contributed by atoms with Crippen LogP contribution in [0.15, 0.2) is 0 Å². The summed E-state index contributed by atoms with van der Waals surface area (Å²) in [7, 11) is -1.61. The van der Waals surface area contributed by atoms with E-state index in [1.165, 1.54) is 0 Å². The lowest BCUT2D eigenvalue weighted by Crippen LogP contribution is -2.43. The molecule has 1 N–H and O–H groups in total.